The van der Waals surface area contributed by atoms with Gasteiger partial charge in [0.05, 0.1) is 13.2 Å². The zero-order valence-electron chi connectivity index (χ0n) is 16.8. The highest BCUT2D eigenvalue weighted by atomic mass is 16.5. The minimum Gasteiger partial charge on any atom is -0.493 e. The smallest absolute Gasteiger partial charge is 0.341 e. The van der Waals surface area contributed by atoms with Gasteiger partial charge < -0.3 is 19.5 Å². The van der Waals surface area contributed by atoms with Crippen LogP contribution in [0.25, 0.3) is 0 Å². The lowest BCUT2D eigenvalue weighted by molar-refractivity contribution is -0.141. The van der Waals surface area contributed by atoms with Crippen LogP contribution in [0.1, 0.15) is 63.7 Å². The molecule has 0 unspecified atom stereocenters. The fourth-order valence-electron chi connectivity index (χ4n) is 2.99. The van der Waals surface area contributed by atoms with Crippen molar-refractivity contribution in [2.45, 2.75) is 59.0 Å². The molecule has 1 aromatic carbocycles. The van der Waals surface area contributed by atoms with Gasteiger partial charge in [0.2, 0.25) is 0 Å². The summed E-state index contributed by atoms with van der Waals surface area (Å²) < 4.78 is 16.6. The maximum atomic E-state index is 12.8. The summed E-state index contributed by atoms with van der Waals surface area (Å²) in [7, 11) is 0. The maximum absolute atomic E-state index is 12.8. The SMILES string of the molecule is CCCCOc1ccc(NC(=O)[C@](C)(OCC)C2CC2)cc1C(=O)OCC. The summed E-state index contributed by atoms with van der Waals surface area (Å²) in [6.07, 6.45) is 3.87. The highest BCUT2D eigenvalue weighted by Crippen LogP contribution is 2.42. The lowest BCUT2D eigenvalue weighted by Gasteiger charge is -2.28. The Balaban J connectivity index is 2.19. The van der Waals surface area contributed by atoms with Gasteiger partial charge in [-0.25, -0.2) is 4.79 Å². The Bertz CT molecular complexity index is 656. The van der Waals surface area contributed by atoms with E-state index >= 15 is 0 Å². The van der Waals surface area contributed by atoms with E-state index in [0.717, 1.165) is 25.7 Å². The van der Waals surface area contributed by atoms with Crippen LogP contribution < -0.4 is 10.1 Å². The molecule has 6 nitrogen and oxygen atoms in total. The number of anilines is 1. The van der Waals surface area contributed by atoms with Crippen LogP contribution in [-0.2, 0) is 14.3 Å². The van der Waals surface area contributed by atoms with E-state index in [2.05, 4.69) is 12.2 Å². The Morgan fingerprint density at radius 2 is 1.93 bits per heavy atom. The van der Waals surface area contributed by atoms with E-state index in [-0.39, 0.29) is 18.4 Å². The summed E-state index contributed by atoms with van der Waals surface area (Å²) in [5.41, 5.74) is -0.0115. The van der Waals surface area contributed by atoms with Gasteiger partial charge in [0.25, 0.3) is 5.91 Å². The van der Waals surface area contributed by atoms with Crippen molar-refractivity contribution >= 4 is 17.6 Å². The molecule has 0 bridgehead atoms. The molecule has 0 spiro atoms. The van der Waals surface area contributed by atoms with Crippen LogP contribution in [0.4, 0.5) is 5.69 Å². The summed E-state index contributed by atoms with van der Waals surface area (Å²) >= 11 is 0. The van der Waals surface area contributed by atoms with Gasteiger partial charge in [0.15, 0.2) is 0 Å². The molecule has 1 aliphatic rings. The van der Waals surface area contributed by atoms with Crippen molar-refractivity contribution in [1.82, 2.24) is 0 Å². The normalized spacial score (nSPS) is 15.7. The number of amides is 1. The second-order valence-electron chi connectivity index (χ2n) is 6.90. The number of hydrogen-bond donors (Lipinski definition) is 1. The molecule has 0 aliphatic heterocycles. The van der Waals surface area contributed by atoms with E-state index in [4.69, 9.17) is 14.2 Å². The molecule has 1 saturated carbocycles. The van der Waals surface area contributed by atoms with E-state index in [1.165, 1.54) is 0 Å². The average Bonchev–Trinajstić information content (AvgIpc) is 3.48. The first-order valence-electron chi connectivity index (χ1n) is 9.85. The third kappa shape index (κ3) is 5.45. The third-order valence-electron chi connectivity index (χ3n) is 4.74. The van der Waals surface area contributed by atoms with Crippen LogP contribution in [0.3, 0.4) is 0 Å². The van der Waals surface area contributed by atoms with Crippen LogP contribution in [0.15, 0.2) is 18.2 Å². The first-order chi connectivity index (χ1) is 13.0. The van der Waals surface area contributed by atoms with Crippen LogP contribution in [0.2, 0.25) is 0 Å². The molecule has 1 fully saturated rings. The fourth-order valence-corrected chi connectivity index (χ4v) is 2.99. The predicted octanol–water partition coefficient (Wildman–Crippen LogP) is 4.19. The minimum atomic E-state index is -0.852. The Morgan fingerprint density at radius 3 is 2.52 bits per heavy atom. The summed E-state index contributed by atoms with van der Waals surface area (Å²) in [5.74, 6) is 0.0458. The lowest BCUT2D eigenvalue weighted by Crippen LogP contribution is -2.44. The number of carbonyl (C=O) groups is 2. The van der Waals surface area contributed by atoms with Gasteiger partial charge in [-0.1, -0.05) is 13.3 Å². The zero-order chi connectivity index (χ0) is 19.9. The van der Waals surface area contributed by atoms with E-state index in [1.54, 1.807) is 25.1 Å². The first kappa shape index (κ1) is 21.2. The fraction of sp³-hybridized carbons (Fsp3) is 0.619. The molecular weight excluding hydrogens is 346 g/mol. The second kappa shape index (κ2) is 9.74. The molecule has 2 rings (SSSR count). The third-order valence-corrected chi connectivity index (χ3v) is 4.74. The molecule has 1 amide bonds. The molecule has 1 atom stereocenters. The largest absolute Gasteiger partial charge is 0.493 e. The molecular formula is C21H31NO5. The highest BCUT2D eigenvalue weighted by Gasteiger charge is 2.48. The first-order valence-corrected chi connectivity index (χ1v) is 9.85. The monoisotopic (exact) mass is 377 g/mol. The number of rotatable bonds is 11. The van der Waals surface area contributed by atoms with Crippen LogP contribution >= 0.6 is 0 Å². The number of benzene rings is 1. The molecule has 1 aliphatic carbocycles. The molecule has 0 heterocycles. The summed E-state index contributed by atoms with van der Waals surface area (Å²) in [5, 5.41) is 2.89. The number of carbonyl (C=O) groups excluding carboxylic acids is 2. The van der Waals surface area contributed by atoms with Crippen molar-refractivity contribution in [2.75, 3.05) is 25.1 Å². The van der Waals surface area contributed by atoms with Crippen molar-refractivity contribution in [3.05, 3.63) is 23.8 Å². The van der Waals surface area contributed by atoms with Crippen LogP contribution in [0.5, 0.6) is 5.75 Å². The van der Waals surface area contributed by atoms with Gasteiger partial charge in [-0.3, -0.25) is 4.79 Å². The lowest BCUT2D eigenvalue weighted by atomic mass is 9.98. The standard InChI is InChI=1S/C21H31NO5/c1-5-8-13-26-18-12-11-16(14-17(18)19(23)25-6-2)22-20(24)21(4,27-7-3)15-9-10-15/h11-12,14-15H,5-10,13H2,1-4H3,(H,22,24)/t21-/m1/s1. The van der Waals surface area contributed by atoms with Gasteiger partial charge in [0.1, 0.15) is 16.9 Å². The van der Waals surface area contributed by atoms with E-state index in [1.807, 2.05) is 13.8 Å². The average molecular weight is 377 g/mol. The quantitative estimate of drug-likeness (QED) is 0.462. The van der Waals surface area contributed by atoms with Gasteiger partial charge in [-0.05, 0) is 64.2 Å². The second-order valence-corrected chi connectivity index (χ2v) is 6.90. The summed E-state index contributed by atoms with van der Waals surface area (Å²) in [6.45, 7) is 8.81. The van der Waals surface area contributed by atoms with Crippen molar-refractivity contribution in [1.29, 1.82) is 0 Å². The molecule has 0 aromatic heterocycles. The molecule has 0 radical (unpaired) electrons. The van der Waals surface area contributed by atoms with Crippen molar-refractivity contribution in [3.63, 3.8) is 0 Å². The molecule has 150 valence electrons. The van der Waals surface area contributed by atoms with Crippen LogP contribution in [-0.4, -0.2) is 37.3 Å². The highest BCUT2D eigenvalue weighted by molar-refractivity contribution is 6.00. The van der Waals surface area contributed by atoms with Crippen molar-refractivity contribution in [2.24, 2.45) is 5.92 Å². The Morgan fingerprint density at radius 1 is 1.19 bits per heavy atom. The van der Waals surface area contributed by atoms with E-state index in [0.29, 0.717) is 30.2 Å². The molecule has 27 heavy (non-hydrogen) atoms. The Hall–Kier alpha value is -2.08. The molecule has 0 saturated heterocycles. The zero-order valence-corrected chi connectivity index (χ0v) is 16.8. The number of ether oxygens (including phenoxy) is 3. The Kier molecular flexibility index (Phi) is 7.66. The molecule has 1 aromatic rings. The number of esters is 1. The number of nitrogens with one attached hydrogen (secondary N) is 1. The summed E-state index contributed by atoms with van der Waals surface area (Å²) in [6, 6.07) is 5.05. The van der Waals surface area contributed by atoms with E-state index in [9.17, 15) is 9.59 Å². The summed E-state index contributed by atoms with van der Waals surface area (Å²) in [4.78, 5) is 25.1. The number of unbranched alkanes of at least 4 members (excludes halogenated alkanes) is 1. The predicted molar refractivity (Wildman–Crippen MR) is 104 cm³/mol. The topological polar surface area (TPSA) is 73.9 Å². The maximum Gasteiger partial charge on any atom is 0.341 e. The minimum absolute atomic E-state index is 0.193. The molecule has 1 N–H and O–H groups in total. The van der Waals surface area contributed by atoms with Crippen LogP contribution in [0, 0.1) is 5.92 Å². The Labute approximate surface area is 161 Å². The number of hydrogen-bond acceptors (Lipinski definition) is 5. The van der Waals surface area contributed by atoms with Gasteiger partial charge >= 0.3 is 5.97 Å². The van der Waals surface area contributed by atoms with Crippen molar-refractivity contribution in [3.8, 4) is 5.75 Å². The van der Waals surface area contributed by atoms with Gasteiger partial charge in [-0.2, -0.15) is 0 Å². The molecule has 6 heteroatoms. The van der Waals surface area contributed by atoms with Gasteiger partial charge in [-0.15, -0.1) is 0 Å². The van der Waals surface area contributed by atoms with E-state index < -0.39 is 11.6 Å². The van der Waals surface area contributed by atoms with Gasteiger partial charge in [0, 0.05) is 12.3 Å². The van der Waals surface area contributed by atoms with Crippen molar-refractivity contribution < 1.29 is 23.8 Å².